The molecule has 2 N–H and O–H groups in total. The molecule has 1 aliphatic rings. The van der Waals surface area contributed by atoms with Crippen molar-refractivity contribution in [1.82, 2.24) is 4.72 Å². The second kappa shape index (κ2) is 6.00. The maximum atomic E-state index is 12.1. The Balaban J connectivity index is 1.95. The zero-order chi connectivity index (χ0) is 13.9. The van der Waals surface area contributed by atoms with Gasteiger partial charge in [-0.1, -0.05) is 12.1 Å². The molecule has 1 aliphatic carbocycles. The Hall–Kier alpha value is -0.950. The van der Waals surface area contributed by atoms with Crippen molar-refractivity contribution < 1.29 is 18.3 Å². The van der Waals surface area contributed by atoms with E-state index in [0.717, 1.165) is 12.8 Å². The molecule has 0 spiro atoms. The van der Waals surface area contributed by atoms with Gasteiger partial charge >= 0.3 is 0 Å². The van der Waals surface area contributed by atoms with Crippen LogP contribution in [0.3, 0.4) is 0 Å². The first-order valence-corrected chi connectivity index (χ1v) is 7.87. The van der Waals surface area contributed by atoms with Crippen LogP contribution < -0.4 is 4.72 Å². The number of ether oxygens (including phenoxy) is 1. The molecule has 1 saturated carbocycles. The van der Waals surface area contributed by atoms with Crippen LogP contribution in [0.1, 0.15) is 25.3 Å². The summed E-state index contributed by atoms with van der Waals surface area (Å²) in [6.45, 7) is 2.50. The van der Waals surface area contributed by atoms with Gasteiger partial charge in [-0.2, -0.15) is 0 Å². The van der Waals surface area contributed by atoms with Gasteiger partial charge in [-0.15, -0.1) is 0 Å². The molecular weight excluding hydrogens is 266 g/mol. The summed E-state index contributed by atoms with van der Waals surface area (Å²) in [5, 5.41) is 8.92. The predicted molar refractivity (Wildman–Crippen MR) is 71.1 cm³/mol. The summed E-state index contributed by atoms with van der Waals surface area (Å²) < 4.78 is 32.2. The van der Waals surface area contributed by atoms with Crippen molar-refractivity contribution in [3.8, 4) is 0 Å². The smallest absolute Gasteiger partial charge is 0.240 e. The number of hydrogen-bond donors (Lipinski definition) is 2. The van der Waals surface area contributed by atoms with E-state index in [4.69, 9.17) is 9.84 Å². The molecule has 0 aliphatic heterocycles. The van der Waals surface area contributed by atoms with Crippen LogP contribution in [-0.4, -0.2) is 32.3 Å². The third kappa shape index (κ3) is 3.54. The first-order valence-electron chi connectivity index (χ1n) is 6.39. The first-order chi connectivity index (χ1) is 9.05. The highest BCUT2D eigenvalue weighted by molar-refractivity contribution is 7.89. The molecule has 6 heteroatoms. The van der Waals surface area contributed by atoms with E-state index < -0.39 is 10.0 Å². The topological polar surface area (TPSA) is 75.6 Å². The van der Waals surface area contributed by atoms with Gasteiger partial charge in [0.1, 0.15) is 0 Å². The van der Waals surface area contributed by atoms with Gasteiger partial charge in [0.2, 0.25) is 10.0 Å². The summed E-state index contributed by atoms with van der Waals surface area (Å²) in [7, 11) is -3.47. The van der Waals surface area contributed by atoms with Gasteiger partial charge in [0, 0.05) is 12.6 Å². The number of aliphatic hydroxyl groups is 1. The minimum atomic E-state index is -3.47. The third-order valence-corrected chi connectivity index (χ3v) is 4.77. The maximum absolute atomic E-state index is 12.1. The Morgan fingerprint density at radius 2 is 1.95 bits per heavy atom. The minimum Gasteiger partial charge on any atom is -0.392 e. The van der Waals surface area contributed by atoms with Gasteiger partial charge in [-0.05, 0) is 37.5 Å². The molecule has 0 aromatic heterocycles. The molecule has 0 bridgehead atoms. The van der Waals surface area contributed by atoms with Gasteiger partial charge in [0.15, 0.2) is 0 Å². The van der Waals surface area contributed by atoms with E-state index in [-0.39, 0.29) is 23.6 Å². The number of rotatable bonds is 6. The fourth-order valence-corrected chi connectivity index (χ4v) is 3.36. The quantitative estimate of drug-likeness (QED) is 0.818. The summed E-state index contributed by atoms with van der Waals surface area (Å²) in [6.07, 6.45) is 1.62. The van der Waals surface area contributed by atoms with Gasteiger partial charge in [0.05, 0.1) is 17.6 Å². The van der Waals surface area contributed by atoms with Crippen LogP contribution in [0.15, 0.2) is 29.2 Å². The van der Waals surface area contributed by atoms with Gasteiger partial charge in [-0.3, -0.25) is 0 Å². The lowest BCUT2D eigenvalue weighted by molar-refractivity contribution is -0.00475. The van der Waals surface area contributed by atoms with Crippen molar-refractivity contribution in [1.29, 1.82) is 0 Å². The summed E-state index contributed by atoms with van der Waals surface area (Å²) in [5.41, 5.74) is 0.694. The van der Waals surface area contributed by atoms with E-state index in [9.17, 15) is 8.42 Å². The average molecular weight is 285 g/mol. The summed E-state index contributed by atoms with van der Waals surface area (Å²) in [5.74, 6) is 0. The number of benzene rings is 1. The second-order valence-corrected chi connectivity index (χ2v) is 6.38. The highest BCUT2D eigenvalue weighted by Gasteiger charge is 2.32. The van der Waals surface area contributed by atoms with Crippen LogP contribution >= 0.6 is 0 Å². The number of hydrogen-bond acceptors (Lipinski definition) is 4. The summed E-state index contributed by atoms with van der Waals surface area (Å²) >= 11 is 0. The van der Waals surface area contributed by atoms with Crippen molar-refractivity contribution in [3.05, 3.63) is 29.8 Å². The molecule has 0 atom stereocenters. The zero-order valence-electron chi connectivity index (χ0n) is 10.9. The van der Waals surface area contributed by atoms with E-state index >= 15 is 0 Å². The van der Waals surface area contributed by atoms with Crippen molar-refractivity contribution >= 4 is 10.0 Å². The maximum Gasteiger partial charge on any atom is 0.240 e. The first kappa shape index (κ1) is 14.5. The molecule has 2 rings (SSSR count). The van der Waals surface area contributed by atoms with Gasteiger partial charge < -0.3 is 9.84 Å². The van der Waals surface area contributed by atoms with E-state index in [1.165, 1.54) is 12.1 Å². The van der Waals surface area contributed by atoms with Crippen molar-refractivity contribution in [2.45, 2.75) is 43.4 Å². The van der Waals surface area contributed by atoms with Crippen molar-refractivity contribution in [2.24, 2.45) is 0 Å². The normalized spacial score (nSPS) is 23.1. The zero-order valence-corrected chi connectivity index (χ0v) is 11.7. The molecule has 0 saturated heterocycles. The van der Waals surface area contributed by atoms with Gasteiger partial charge in [0.25, 0.3) is 0 Å². The third-order valence-electron chi connectivity index (χ3n) is 3.24. The van der Waals surface area contributed by atoms with E-state index in [1.807, 2.05) is 6.92 Å². The average Bonchev–Trinajstić information content (AvgIpc) is 2.36. The van der Waals surface area contributed by atoms with Crippen LogP contribution in [0.25, 0.3) is 0 Å². The molecular formula is C13H19NO4S. The van der Waals surface area contributed by atoms with Crippen molar-refractivity contribution in [2.75, 3.05) is 6.61 Å². The molecule has 106 valence electrons. The molecule has 1 aromatic carbocycles. The lowest BCUT2D eigenvalue weighted by Gasteiger charge is -2.35. The van der Waals surface area contributed by atoms with Crippen LogP contribution in [0.4, 0.5) is 0 Å². The van der Waals surface area contributed by atoms with Crippen molar-refractivity contribution in [3.63, 3.8) is 0 Å². The number of nitrogens with one attached hydrogen (secondary N) is 1. The SMILES string of the molecule is CCOC1CC(NS(=O)(=O)c2ccc(CO)cc2)C1. The number of sulfonamides is 1. The van der Waals surface area contributed by atoms with Crippen LogP contribution in [0.2, 0.25) is 0 Å². The molecule has 0 radical (unpaired) electrons. The minimum absolute atomic E-state index is 0.0425. The number of aliphatic hydroxyl groups excluding tert-OH is 1. The Kier molecular flexibility index (Phi) is 4.57. The standard InChI is InChI=1S/C13H19NO4S/c1-2-18-12-7-11(8-12)14-19(16,17)13-5-3-10(9-15)4-6-13/h3-6,11-12,14-15H,2,7-9H2,1H3. The predicted octanol–water partition coefficient (Wildman–Crippen LogP) is 1.02. The summed E-state index contributed by atoms with van der Waals surface area (Å²) in [6, 6.07) is 6.19. The fraction of sp³-hybridized carbons (Fsp3) is 0.538. The fourth-order valence-electron chi connectivity index (χ4n) is 2.10. The lowest BCUT2D eigenvalue weighted by Crippen LogP contribution is -2.47. The summed E-state index contributed by atoms with van der Waals surface area (Å²) in [4.78, 5) is 0.226. The molecule has 19 heavy (non-hydrogen) atoms. The van der Waals surface area contributed by atoms with E-state index in [2.05, 4.69) is 4.72 Å². The Morgan fingerprint density at radius 1 is 1.32 bits per heavy atom. The Bertz CT molecular complexity index is 506. The highest BCUT2D eigenvalue weighted by atomic mass is 32.2. The van der Waals surface area contributed by atoms with E-state index in [1.54, 1.807) is 12.1 Å². The largest absolute Gasteiger partial charge is 0.392 e. The van der Waals surface area contributed by atoms with Crippen LogP contribution in [0.5, 0.6) is 0 Å². The monoisotopic (exact) mass is 285 g/mol. The lowest BCUT2D eigenvalue weighted by atomic mass is 9.90. The Labute approximate surface area is 113 Å². The van der Waals surface area contributed by atoms with Crippen LogP contribution in [0, 0.1) is 0 Å². The molecule has 1 fully saturated rings. The highest BCUT2D eigenvalue weighted by Crippen LogP contribution is 2.25. The molecule has 0 heterocycles. The van der Waals surface area contributed by atoms with Gasteiger partial charge in [-0.25, -0.2) is 13.1 Å². The molecule has 0 amide bonds. The molecule has 5 nitrogen and oxygen atoms in total. The molecule has 1 aromatic rings. The molecule has 0 unspecified atom stereocenters. The second-order valence-electron chi connectivity index (χ2n) is 4.67. The van der Waals surface area contributed by atoms with Crippen LogP contribution in [-0.2, 0) is 21.4 Å². The van der Waals surface area contributed by atoms with E-state index in [0.29, 0.717) is 12.2 Å². The Morgan fingerprint density at radius 3 is 2.47 bits per heavy atom.